The molecule has 1 fully saturated rings. The average Bonchev–Trinajstić information content (AvgIpc) is 2.94. The van der Waals surface area contributed by atoms with Crippen molar-refractivity contribution in [1.29, 1.82) is 0 Å². The van der Waals surface area contributed by atoms with E-state index in [4.69, 9.17) is 11.6 Å². The predicted molar refractivity (Wildman–Crippen MR) is 92.0 cm³/mol. The summed E-state index contributed by atoms with van der Waals surface area (Å²) in [5, 5.41) is 3.18. The second kappa shape index (κ2) is 7.02. The number of nitrogens with one attached hydrogen (secondary N) is 1. The zero-order valence-corrected chi connectivity index (χ0v) is 13.8. The second-order valence-electron chi connectivity index (χ2n) is 5.71. The maximum Gasteiger partial charge on any atom is 0.244 e. The van der Waals surface area contributed by atoms with Crippen molar-refractivity contribution in [2.45, 2.75) is 6.54 Å². The Labute approximate surface area is 140 Å². The monoisotopic (exact) mass is 333 g/mol. The van der Waals surface area contributed by atoms with Gasteiger partial charge in [-0.15, -0.1) is 0 Å². The molecule has 0 aliphatic carbocycles. The number of carbonyl (C=O) groups is 1. The van der Waals surface area contributed by atoms with Crippen molar-refractivity contribution in [2.75, 3.05) is 43.4 Å². The van der Waals surface area contributed by atoms with Crippen molar-refractivity contribution in [3.63, 3.8) is 0 Å². The van der Waals surface area contributed by atoms with Gasteiger partial charge in [0.1, 0.15) is 6.54 Å². The van der Waals surface area contributed by atoms with Gasteiger partial charge in [-0.05, 0) is 42.9 Å². The van der Waals surface area contributed by atoms with Crippen LogP contribution in [0.4, 0.5) is 11.4 Å². The molecule has 0 bridgehead atoms. The third-order valence-electron chi connectivity index (χ3n) is 4.00. The van der Waals surface area contributed by atoms with E-state index in [1.54, 1.807) is 17.0 Å². The maximum atomic E-state index is 12.0. The number of carbonyl (C=O) groups excluding carboxylic acids is 1. The van der Waals surface area contributed by atoms with Gasteiger partial charge in [0.2, 0.25) is 11.2 Å². The van der Waals surface area contributed by atoms with Gasteiger partial charge in [-0.2, -0.15) is 0 Å². The topological polar surface area (TPSA) is 53.4 Å². The minimum atomic E-state index is -0.128. The Morgan fingerprint density at radius 1 is 1.22 bits per heavy atom. The van der Waals surface area contributed by atoms with Gasteiger partial charge in [0.15, 0.2) is 0 Å². The lowest BCUT2D eigenvalue weighted by Gasteiger charge is -2.34. The first-order chi connectivity index (χ1) is 11.1. The summed E-state index contributed by atoms with van der Waals surface area (Å²) in [4.78, 5) is 20.6. The summed E-state index contributed by atoms with van der Waals surface area (Å²) in [6.45, 7) is 4.36. The van der Waals surface area contributed by atoms with Gasteiger partial charge >= 0.3 is 0 Å². The van der Waals surface area contributed by atoms with Gasteiger partial charge in [0, 0.05) is 49.9 Å². The first-order valence-corrected chi connectivity index (χ1v) is 7.99. The number of halogens is 1. The molecule has 6 nitrogen and oxygen atoms in total. The lowest BCUT2D eigenvalue weighted by Crippen LogP contribution is -2.44. The molecule has 122 valence electrons. The number of anilines is 2. The quantitative estimate of drug-likeness (QED) is 0.929. The number of amides is 1. The van der Waals surface area contributed by atoms with Crippen molar-refractivity contribution >= 4 is 28.9 Å². The molecule has 23 heavy (non-hydrogen) atoms. The molecule has 1 aromatic carbocycles. The van der Waals surface area contributed by atoms with E-state index in [0.717, 1.165) is 31.9 Å². The van der Waals surface area contributed by atoms with Crippen LogP contribution in [-0.4, -0.2) is 53.6 Å². The molecule has 0 saturated carbocycles. The number of rotatable bonds is 4. The van der Waals surface area contributed by atoms with Crippen LogP contribution in [0.3, 0.4) is 0 Å². The van der Waals surface area contributed by atoms with Gasteiger partial charge in [-0.3, -0.25) is 4.79 Å². The summed E-state index contributed by atoms with van der Waals surface area (Å²) in [7, 11) is 2.14. The summed E-state index contributed by atoms with van der Waals surface area (Å²) in [6, 6.07) is 7.96. The third-order valence-corrected chi connectivity index (χ3v) is 4.31. The van der Waals surface area contributed by atoms with Crippen LogP contribution in [0.25, 0.3) is 0 Å². The number of benzene rings is 1. The zero-order chi connectivity index (χ0) is 16.2. The molecule has 0 unspecified atom stereocenters. The Bertz CT molecular complexity index is 661. The molecular weight excluding hydrogens is 314 g/mol. The lowest BCUT2D eigenvalue weighted by atomic mass is 10.2. The molecule has 7 heteroatoms. The number of hydrogen-bond acceptors (Lipinski definition) is 4. The van der Waals surface area contributed by atoms with Gasteiger partial charge in [0.25, 0.3) is 0 Å². The first-order valence-electron chi connectivity index (χ1n) is 7.62. The van der Waals surface area contributed by atoms with Gasteiger partial charge in [0.05, 0.1) is 0 Å². The molecule has 0 radical (unpaired) electrons. The van der Waals surface area contributed by atoms with Crippen LogP contribution in [0.1, 0.15) is 0 Å². The molecule has 2 aromatic rings. The molecule has 3 rings (SSSR count). The first kappa shape index (κ1) is 15.8. The van der Waals surface area contributed by atoms with Crippen molar-refractivity contribution in [1.82, 2.24) is 14.5 Å². The molecule has 1 amide bonds. The van der Waals surface area contributed by atoms with Gasteiger partial charge in [-0.25, -0.2) is 4.98 Å². The smallest absolute Gasteiger partial charge is 0.244 e. The van der Waals surface area contributed by atoms with Crippen LogP contribution < -0.4 is 10.2 Å². The summed E-state index contributed by atoms with van der Waals surface area (Å²) in [5.74, 6) is -0.128. The van der Waals surface area contributed by atoms with Crippen LogP contribution >= 0.6 is 11.6 Å². The van der Waals surface area contributed by atoms with Crippen LogP contribution in [0.5, 0.6) is 0 Å². The summed E-state index contributed by atoms with van der Waals surface area (Å²) in [5.41, 5.74) is 1.97. The molecular formula is C16H20ClN5O. The number of aromatic nitrogens is 2. The Morgan fingerprint density at radius 3 is 2.52 bits per heavy atom. The number of likely N-dealkylation sites (N-methyl/N-ethyl adjacent to an activating group) is 1. The number of piperazine rings is 1. The Hall–Kier alpha value is -2.05. The highest BCUT2D eigenvalue weighted by Gasteiger charge is 2.14. The standard InChI is InChI=1S/C16H20ClN5O/c1-20-8-10-21(11-9-20)14-4-2-13(3-5-14)19-15(23)12-22-7-6-18-16(22)17/h2-7H,8-12H2,1H3,(H,19,23). The molecule has 1 aromatic heterocycles. The fraction of sp³-hybridized carbons (Fsp3) is 0.375. The second-order valence-corrected chi connectivity index (χ2v) is 6.05. The van der Waals surface area contributed by atoms with Gasteiger partial charge in [-0.1, -0.05) is 0 Å². The van der Waals surface area contributed by atoms with Crippen LogP contribution in [-0.2, 0) is 11.3 Å². The van der Waals surface area contributed by atoms with E-state index in [0.29, 0.717) is 5.28 Å². The number of imidazole rings is 1. The Kier molecular flexibility index (Phi) is 4.83. The van der Waals surface area contributed by atoms with Gasteiger partial charge < -0.3 is 19.7 Å². The fourth-order valence-electron chi connectivity index (χ4n) is 2.60. The molecule has 0 atom stereocenters. The zero-order valence-electron chi connectivity index (χ0n) is 13.1. The van der Waals surface area contributed by atoms with Crippen molar-refractivity contribution < 1.29 is 4.79 Å². The van der Waals surface area contributed by atoms with E-state index in [-0.39, 0.29) is 12.5 Å². The number of nitrogens with zero attached hydrogens (tertiary/aromatic N) is 4. The average molecular weight is 334 g/mol. The normalized spacial score (nSPS) is 15.7. The van der Waals surface area contributed by atoms with Crippen LogP contribution in [0.15, 0.2) is 36.7 Å². The van der Waals surface area contributed by atoms with Crippen molar-refractivity contribution in [2.24, 2.45) is 0 Å². The molecule has 2 heterocycles. The number of hydrogen-bond donors (Lipinski definition) is 1. The molecule has 1 N–H and O–H groups in total. The highest BCUT2D eigenvalue weighted by molar-refractivity contribution is 6.28. The Morgan fingerprint density at radius 2 is 1.91 bits per heavy atom. The SMILES string of the molecule is CN1CCN(c2ccc(NC(=O)Cn3ccnc3Cl)cc2)CC1. The van der Waals surface area contributed by atoms with E-state index < -0.39 is 0 Å². The molecule has 1 saturated heterocycles. The third kappa shape index (κ3) is 4.03. The van der Waals surface area contributed by atoms with Crippen molar-refractivity contribution in [3.8, 4) is 0 Å². The van der Waals surface area contributed by atoms with E-state index >= 15 is 0 Å². The van der Waals surface area contributed by atoms with E-state index in [9.17, 15) is 4.79 Å². The van der Waals surface area contributed by atoms with E-state index in [1.165, 1.54) is 5.69 Å². The molecule has 1 aliphatic rings. The summed E-state index contributed by atoms with van der Waals surface area (Å²) in [6.07, 6.45) is 3.25. The minimum absolute atomic E-state index is 0.128. The summed E-state index contributed by atoms with van der Waals surface area (Å²) < 4.78 is 1.59. The van der Waals surface area contributed by atoms with Crippen LogP contribution in [0.2, 0.25) is 5.28 Å². The fourth-order valence-corrected chi connectivity index (χ4v) is 2.78. The van der Waals surface area contributed by atoms with E-state index in [2.05, 4.69) is 27.1 Å². The lowest BCUT2D eigenvalue weighted by molar-refractivity contribution is -0.116. The molecule has 0 spiro atoms. The predicted octanol–water partition coefficient (Wildman–Crippen LogP) is 1.93. The maximum absolute atomic E-state index is 12.0. The van der Waals surface area contributed by atoms with Crippen LogP contribution in [0, 0.1) is 0 Å². The van der Waals surface area contributed by atoms with E-state index in [1.807, 2.05) is 24.3 Å². The highest BCUT2D eigenvalue weighted by atomic mass is 35.5. The minimum Gasteiger partial charge on any atom is -0.369 e. The molecule has 1 aliphatic heterocycles. The largest absolute Gasteiger partial charge is 0.369 e. The Balaban J connectivity index is 1.57. The summed E-state index contributed by atoms with van der Waals surface area (Å²) >= 11 is 5.87. The highest BCUT2D eigenvalue weighted by Crippen LogP contribution is 2.19. The van der Waals surface area contributed by atoms with Crippen molar-refractivity contribution in [3.05, 3.63) is 41.9 Å².